The number of fused-ring (bicyclic) bond motifs is 1. The largest absolute Gasteiger partial charge is 0.486 e. The molecule has 0 aliphatic carbocycles. The van der Waals surface area contributed by atoms with Gasteiger partial charge in [0.25, 0.3) is 0 Å². The Bertz CT molecular complexity index is 461. The van der Waals surface area contributed by atoms with Crippen LogP contribution in [-0.4, -0.2) is 41.6 Å². The van der Waals surface area contributed by atoms with Crippen LogP contribution in [0.3, 0.4) is 0 Å². The minimum atomic E-state index is -0.684. The fraction of sp³-hybridized carbons (Fsp3) is 0.600. The number of hydrogen-bond donors (Lipinski definition) is 3. The lowest BCUT2D eigenvalue weighted by molar-refractivity contribution is 0.0983. The van der Waals surface area contributed by atoms with Gasteiger partial charge >= 0.3 is 0 Å². The number of nitrogens with one attached hydrogen (secondary N) is 1. The Kier molecular flexibility index (Phi) is 4.52. The van der Waals surface area contributed by atoms with Crippen molar-refractivity contribution >= 4 is 0 Å². The summed E-state index contributed by atoms with van der Waals surface area (Å²) in [4.78, 5) is 0. The zero-order valence-corrected chi connectivity index (χ0v) is 12.2. The molecule has 0 bridgehead atoms. The molecule has 112 valence electrons. The van der Waals surface area contributed by atoms with Gasteiger partial charge in [-0.2, -0.15) is 0 Å². The van der Waals surface area contributed by atoms with Crippen LogP contribution >= 0.6 is 0 Å². The molecule has 0 saturated heterocycles. The first-order valence-corrected chi connectivity index (χ1v) is 6.89. The normalized spacial score (nSPS) is 17.6. The van der Waals surface area contributed by atoms with Crippen LogP contribution in [0.5, 0.6) is 11.5 Å². The summed E-state index contributed by atoms with van der Waals surface area (Å²) >= 11 is 0. The van der Waals surface area contributed by atoms with Crippen LogP contribution < -0.4 is 14.8 Å². The summed E-state index contributed by atoms with van der Waals surface area (Å²) in [5.74, 6) is 1.38. The standard InChI is InChI=1S/C15H23NO4/c1-10(16-15(2,3)9-17)14(18)11-4-5-12-13(8-11)20-7-6-19-12/h4-5,8,10,14,16-18H,6-7,9H2,1-3H3. The topological polar surface area (TPSA) is 71.0 Å². The van der Waals surface area contributed by atoms with E-state index in [1.165, 1.54) is 0 Å². The van der Waals surface area contributed by atoms with E-state index in [1.54, 1.807) is 0 Å². The monoisotopic (exact) mass is 281 g/mol. The van der Waals surface area contributed by atoms with Gasteiger partial charge in [-0.25, -0.2) is 0 Å². The maximum absolute atomic E-state index is 10.4. The highest BCUT2D eigenvalue weighted by atomic mass is 16.6. The molecule has 5 heteroatoms. The van der Waals surface area contributed by atoms with Gasteiger partial charge in [0.1, 0.15) is 13.2 Å². The molecule has 0 spiro atoms. The zero-order valence-electron chi connectivity index (χ0n) is 12.2. The molecule has 0 amide bonds. The van der Waals surface area contributed by atoms with Gasteiger partial charge in [0.2, 0.25) is 0 Å². The van der Waals surface area contributed by atoms with Gasteiger partial charge in [0.15, 0.2) is 11.5 Å². The van der Waals surface area contributed by atoms with E-state index in [9.17, 15) is 10.2 Å². The van der Waals surface area contributed by atoms with Crippen LogP contribution in [0.2, 0.25) is 0 Å². The zero-order chi connectivity index (χ0) is 14.8. The van der Waals surface area contributed by atoms with Crippen molar-refractivity contribution in [2.45, 2.75) is 38.5 Å². The van der Waals surface area contributed by atoms with Gasteiger partial charge in [0, 0.05) is 11.6 Å². The average molecular weight is 281 g/mol. The van der Waals surface area contributed by atoms with Crippen LogP contribution in [0.4, 0.5) is 0 Å². The number of ether oxygens (including phenoxy) is 2. The van der Waals surface area contributed by atoms with Gasteiger partial charge in [-0.1, -0.05) is 6.07 Å². The fourth-order valence-corrected chi connectivity index (χ4v) is 2.27. The summed E-state index contributed by atoms with van der Waals surface area (Å²) in [6, 6.07) is 5.27. The first kappa shape index (κ1) is 15.1. The first-order valence-electron chi connectivity index (χ1n) is 6.89. The van der Waals surface area contributed by atoms with Crippen molar-refractivity contribution in [3.63, 3.8) is 0 Å². The van der Waals surface area contributed by atoms with Gasteiger partial charge in [-0.05, 0) is 38.5 Å². The molecule has 1 aliphatic heterocycles. The summed E-state index contributed by atoms with van der Waals surface area (Å²) in [5, 5.41) is 22.9. The summed E-state index contributed by atoms with van der Waals surface area (Å²) in [6.45, 7) is 6.75. The SMILES string of the molecule is CC(NC(C)(C)CO)C(O)c1ccc2c(c1)OCCO2. The number of benzene rings is 1. The lowest BCUT2D eigenvalue weighted by Gasteiger charge is -2.31. The number of aliphatic hydroxyl groups excluding tert-OH is 2. The molecule has 1 aromatic carbocycles. The highest BCUT2D eigenvalue weighted by Crippen LogP contribution is 2.33. The minimum absolute atomic E-state index is 0.00516. The molecular formula is C15H23NO4. The minimum Gasteiger partial charge on any atom is -0.486 e. The Balaban J connectivity index is 2.10. The van der Waals surface area contributed by atoms with Crippen molar-refractivity contribution < 1.29 is 19.7 Å². The second-order valence-electron chi connectivity index (χ2n) is 5.82. The molecule has 2 atom stereocenters. The number of rotatable bonds is 5. The molecule has 0 aromatic heterocycles. The van der Waals surface area contributed by atoms with Gasteiger partial charge in [-0.15, -0.1) is 0 Å². The van der Waals surface area contributed by atoms with Crippen LogP contribution in [0.15, 0.2) is 18.2 Å². The molecule has 2 rings (SSSR count). The molecular weight excluding hydrogens is 258 g/mol. The fourth-order valence-electron chi connectivity index (χ4n) is 2.27. The van der Waals surface area contributed by atoms with Gasteiger partial charge in [-0.3, -0.25) is 0 Å². The molecule has 1 aliphatic rings. The van der Waals surface area contributed by atoms with Crippen LogP contribution in [0, 0.1) is 0 Å². The Morgan fingerprint density at radius 1 is 1.25 bits per heavy atom. The molecule has 0 saturated carbocycles. The lowest BCUT2D eigenvalue weighted by Crippen LogP contribution is -2.49. The third kappa shape index (κ3) is 3.42. The van der Waals surface area contributed by atoms with Crippen LogP contribution in [-0.2, 0) is 0 Å². The Morgan fingerprint density at radius 3 is 2.55 bits per heavy atom. The predicted molar refractivity (Wildman–Crippen MR) is 76.2 cm³/mol. The van der Waals surface area contributed by atoms with Crippen molar-refractivity contribution in [3.8, 4) is 11.5 Å². The van der Waals surface area contributed by atoms with Gasteiger partial charge in [0.05, 0.1) is 12.7 Å². The Labute approximate surface area is 119 Å². The lowest BCUT2D eigenvalue weighted by atomic mass is 9.99. The molecule has 0 radical (unpaired) electrons. The van der Waals surface area contributed by atoms with E-state index in [0.717, 1.165) is 5.56 Å². The summed E-state index contributed by atoms with van der Waals surface area (Å²) < 4.78 is 11.0. The molecule has 3 N–H and O–H groups in total. The second kappa shape index (κ2) is 5.99. The van der Waals surface area contributed by atoms with E-state index in [-0.39, 0.29) is 12.6 Å². The van der Waals surface area contributed by atoms with Crippen molar-refractivity contribution in [1.82, 2.24) is 5.32 Å². The number of aliphatic hydroxyl groups is 2. The quantitative estimate of drug-likeness (QED) is 0.757. The Morgan fingerprint density at radius 2 is 1.90 bits per heavy atom. The van der Waals surface area contributed by atoms with Crippen molar-refractivity contribution in [2.24, 2.45) is 0 Å². The molecule has 0 fully saturated rings. The van der Waals surface area contributed by atoms with Crippen molar-refractivity contribution in [1.29, 1.82) is 0 Å². The molecule has 20 heavy (non-hydrogen) atoms. The first-order chi connectivity index (χ1) is 9.43. The molecule has 5 nitrogen and oxygen atoms in total. The van der Waals surface area contributed by atoms with E-state index in [4.69, 9.17) is 9.47 Å². The second-order valence-corrected chi connectivity index (χ2v) is 5.82. The van der Waals surface area contributed by atoms with Crippen LogP contribution in [0.1, 0.15) is 32.4 Å². The molecule has 2 unspecified atom stereocenters. The summed E-state index contributed by atoms with van der Waals surface area (Å²) in [7, 11) is 0. The smallest absolute Gasteiger partial charge is 0.161 e. The van der Waals surface area contributed by atoms with Gasteiger partial charge < -0.3 is 25.0 Å². The van der Waals surface area contributed by atoms with Crippen molar-refractivity contribution in [2.75, 3.05) is 19.8 Å². The third-order valence-electron chi connectivity index (χ3n) is 3.40. The maximum atomic E-state index is 10.4. The molecule has 1 aromatic rings. The van der Waals surface area contributed by atoms with E-state index >= 15 is 0 Å². The third-order valence-corrected chi connectivity index (χ3v) is 3.40. The summed E-state index contributed by atoms with van der Waals surface area (Å²) in [6.07, 6.45) is -0.684. The predicted octanol–water partition coefficient (Wildman–Crippen LogP) is 1.24. The Hall–Kier alpha value is -1.30. The highest BCUT2D eigenvalue weighted by Gasteiger charge is 2.25. The molecule has 1 heterocycles. The van der Waals surface area contributed by atoms with E-state index in [1.807, 2.05) is 39.0 Å². The highest BCUT2D eigenvalue weighted by molar-refractivity contribution is 5.44. The summed E-state index contributed by atoms with van der Waals surface area (Å²) in [5.41, 5.74) is 0.330. The van der Waals surface area contributed by atoms with Crippen LogP contribution in [0.25, 0.3) is 0 Å². The van der Waals surface area contributed by atoms with Crippen molar-refractivity contribution in [3.05, 3.63) is 23.8 Å². The maximum Gasteiger partial charge on any atom is 0.161 e. The number of hydrogen-bond acceptors (Lipinski definition) is 5. The van der Waals surface area contributed by atoms with E-state index in [2.05, 4.69) is 5.32 Å². The van der Waals surface area contributed by atoms with E-state index in [0.29, 0.717) is 24.7 Å². The van der Waals surface area contributed by atoms with E-state index < -0.39 is 11.6 Å². The average Bonchev–Trinajstić information content (AvgIpc) is 2.45.